The van der Waals surface area contributed by atoms with E-state index in [1.807, 2.05) is 6.07 Å². The number of aromatic nitrogens is 1. The molecule has 1 N–H and O–H groups in total. The van der Waals surface area contributed by atoms with E-state index >= 15 is 0 Å². The molecule has 1 atom stereocenters. The van der Waals surface area contributed by atoms with E-state index in [0.29, 0.717) is 5.92 Å². The standard InChI is InChI=1S/C19H33N5O3.HI/c1-2-20-19(21-6-3-11-25-15-17-4-12-26-16-17)24-9-7-23(8-10-24)14-18-5-13-27-22-18;/h5,13,17H,2-4,6-12,14-16H2,1H3,(H,20,21);1H. The largest absolute Gasteiger partial charge is 0.381 e. The number of hydrogen-bond donors (Lipinski definition) is 1. The Balaban J connectivity index is 0.00000280. The van der Waals surface area contributed by atoms with E-state index in [-0.39, 0.29) is 24.0 Å². The van der Waals surface area contributed by atoms with Crippen LogP contribution in [0, 0.1) is 5.92 Å². The van der Waals surface area contributed by atoms with Crippen molar-refractivity contribution in [3.63, 3.8) is 0 Å². The zero-order valence-corrected chi connectivity index (χ0v) is 19.2. The fourth-order valence-electron chi connectivity index (χ4n) is 3.41. The average molecular weight is 507 g/mol. The fraction of sp³-hybridized carbons (Fsp3) is 0.789. The van der Waals surface area contributed by atoms with Crippen LogP contribution in [0.4, 0.5) is 0 Å². The maximum atomic E-state index is 5.77. The van der Waals surface area contributed by atoms with Crippen LogP contribution in [0.5, 0.6) is 0 Å². The van der Waals surface area contributed by atoms with Crippen molar-refractivity contribution in [3.05, 3.63) is 18.0 Å². The highest BCUT2D eigenvalue weighted by Gasteiger charge is 2.20. The first-order valence-corrected chi connectivity index (χ1v) is 10.2. The second-order valence-corrected chi connectivity index (χ2v) is 7.15. The van der Waals surface area contributed by atoms with Crippen molar-refractivity contribution >= 4 is 29.9 Å². The van der Waals surface area contributed by atoms with E-state index < -0.39 is 0 Å². The average Bonchev–Trinajstić information content (AvgIpc) is 3.38. The van der Waals surface area contributed by atoms with Gasteiger partial charge in [0, 0.05) is 71.0 Å². The van der Waals surface area contributed by atoms with Crippen molar-refractivity contribution in [2.24, 2.45) is 10.9 Å². The SMILES string of the molecule is CCNC(=NCCCOCC1CCOC1)N1CCN(Cc2ccon2)CC1.I. The number of nitrogens with zero attached hydrogens (tertiary/aromatic N) is 4. The molecule has 3 heterocycles. The molecule has 1 unspecified atom stereocenters. The van der Waals surface area contributed by atoms with Gasteiger partial charge in [0.05, 0.1) is 18.9 Å². The summed E-state index contributed by atoms with van der Waals surface area (Å²) in [6.07, 6.45) is 3.72. The quantitative estimate of drug-likeness (QED) is 0.237. The van der Waals surface area contributed by atoms with Crippen molar-refractivity contribution in [3.8, 4) is 0 Å². The number of piperazine rings is 1. The molecule has 1 aromatic heterocycles. The molecule has 2 aliphatic rings. The summed E-state index contributed by atoms with van der Waals surface area (Å²) in [5.41, 5.74) is 0.994. The van der Waals surface area contributed by atoms with Crippen LogP contribution in [0.3, 0.4) is 0 Å². The first-order chi connectivity index (χ1) is 13.3. The van der Waals surface area contributed by atoms with Crippen LogP contribution in [0.15, 0.2) is 21.8 Å². The maximum absolute atomic E-state index is 5.77. The summed E-state index contributed by atoms with van der Waals surface area (Å²) >= 11 is 0. The number of aliphatic imine (C=N–C) groups is 1. The van der Waals surface area contributed by atoms with Gasteiger partial charge in [-0.05, 0) is 19.8 Å². The molecule has 28 heavy (non-hydrogen) atoms. The molecule has 0 aromatic carbocycles. The molecule has 0 radical (unpaired) electrons. The highest BCUT2D eigenvalue weighted by molar-refractivity contribution is 14.0. The summed E-state index contributed by atoms with van der Waals surface area (Å²) in [4.78, 5) is 9.54. The van der Waals surface area contributed by atoms with Gasteiger partial charge in [-0.3, -0.25) is 9.89 Å². The van der Waals surface area contributed by atoms with Crippen LogP contribution in [0.25, 0.3) is 0 Å². The van der Waals surface area contributed by atoms with Crippen LogP contribution < -0.4 is 5.32 Å². The Hall–Kier alpha value is -0.910. The molecule has 0 bridgehead atoms. The molecule has 2 saturated heterocycles. The zero-order chi connectivity index (χ0) is 18.7. The van der Waals surface area contributed by atoms with Crippen molar-refractivity contribution in [1.29, 1.82) is 0 Å². The first kappa shape index (κ1) is 23.4. The zero-order valence-electron chi connectivity index (χ0n) is 16.8. The van der Waals surface area contributed by atoms with Crippen LogP contribution in [-0.4, -0.2) is 86.6 Å². The van der Waals surface area contributed by atoms with E-state index in [0.717, 1.165) is 96.7 Å². The van der Waals surface area contributed by atoms with Gasteiger partial charge < -0.3 is 24.2 Å². The lowest BCUT2D eigenvalue weighted by molar-refractivity contribution is 0.0892. The predicted molar refractivity (Wildman–Crippen MR) is 119 cm³/mol. The summed E-state index contributed by atoms with van der Waals surface area (Å²) in [6, 6.07) is 1.93. The molecule has 8 nitrogen and oxygen atoms in total. The minimum Gasteiger partial charge on any atom is -0.381 e. The van der Waals surface area contributed by atoms with Crippen LogP contribution in [0.2, 0.25) is 0 Å². The van der Waals surface area contributed by atoms with Gasteiger partial charge in [0.1, 0.15) is 6.26 Å². The predicted octanol–water partition coefficient (Wildman–Crippen LogP) is 1.82. The summed E-state index contributed by atoms with van der Waals surface area (Å²) in [6.45, 7) is 11.9. The third kappa shape index (κ3) is 7.84. The lowest BCUT2D eigenvalue weighted by atomic mass is 10.1. The second-order valence-electron chi connectivity index (χ2n) is 7.15. The maximum Gasteiger partial charge on any atom is 0.194 e. The van der Waals surface area contributed by atoms with Crippen LogP contribution in [-0.2, 0) is 16.0 Å². The Bertz CT molecular complexity index is 544. The summed E-state index contributed by atoms with van der Waals surface area (Å²) < 4.78 is 16.1. The molecule has 9 heteroatoms. The molecule has 0 saturated carbocycles. The molecule has 1 aromatic rings. The van der Waals surface area contributed by atoms with Gasteiger partial charge in [-0.15, -0.1) is 24.0 Å². The Kier molecular flexibility index (Phi) is 11.1. The van der Waals surface area contributed by atoms with Crippen LogP contribution in [0.1, 0.15) is 25.5 Å². The smallest absolute Gasteiger partial charge is 0.194 e. The Morgan fingerprint density at radius 3 is 2.89 bits per heavy atom. The van der Waals surface area contributed by atoms with Gasteiger partial charge >= 0.3 is 0 Å². The first-order valence-electron chi connectivity index (χ1n) is 10.2. The molecular weight excluding hydrogens is 473 g/mol. The minimum absolute atomic E-state index is 0. The highest BCUT2D eigenvalue weighted by Crippen LogP contribution is 2.12. The van der Waals surface area contributed by atoms with E-state index in [1.165, 1.54) is 0 Å². The van der Waals surface area contributed by atoms with Gasteiger partial charge in [0.25, 0.3) is 0 Å². The van der Waals surface area contributed by atoms with Gasteiger partial charge in [0.2, 0.25) is 0 Å². The van der Waals surface area contributed by atoms with Crippen molar-refractivity contribution in [1.82, 2.24) is 20.3 Å². The summed E-state index contributed by atoms with van der Waals surface area (Å²) in [5.74, 6) is 1.60. The van der Waals surface area contributed by atoms with Crippen molar-refractivity contribution in [2.75, 3.05) is 65.7 Å². The molecule has 2 fully saturated rings. The molecule has 0 aliphatic carbocycles. The summed E-state index contributed by atoms with van der Waals surface area (Å²) in [5, 5.41) is 7.42. The van der Waals surface area contributed by atoms with E-state index in [4.69, 9.17) is 19.0 Å². The Labute approximate surface area is 185 Å². The highest BCUT2D eigenvalue weighted by atomic mass is 127. The van der Waals surface area contributed by atoms with E-state index in [9.17, 15) is 0 Å². The third-order valence-electron chi connectivity index (χ3n) is 4.97. The number of halogens is 1. The van der Waals surface area contributed by atoms with E-state index in [1.54, 1.807) is 6.26 Å². The van der Waals surface area contributed by atoms with E-state index in [2.05, 4.69) is 27.2 Å². The molecule has 0 amide bonds. The number of nitrogens with one attached hydrogen (secondary N) is 1. The molecule has 0 spiro atoms. The molecule has 3 rings (SSSR count). The van der Waals surface area contributed by atoms with Gasteiger partial charge in [-0.1, -0.05) is 5.16 Å². The monoisotopic (exact) mass is 507 g/mol. The normalized spacial score (nSPS) is 21.0. The van der Waals surface area contributed by atoms with Gasteiger partial charge in [-0.25, -0.2) is 0 Å². The second kappa shape index (κ2) is 13.3. The lowest BCUT2D eigenvalue weighted by Gasteiger charge is -2.36. The molecule has 160 valence electrons. The topological polar surface area (TPSA) is 75.4 Å². The third-order valence-corrected chi connectivity index (χ3v) is 4.97. The molecular formula is C19H34IN5O3. The Morgan fingerprint density at radius 2 is 2.21 bits per heavy atom. The minimum atomic E-state index is 0. The number of guanidine groups is 1. The van der Waals surface area contributed by atoms with Gasteiger partial charge in [-0.2, -0.15) is 0 Å². The number of hydrogen-bond acceptors (Lipinski definition) is 6. The summed E-state index contributed by atoms with van der Waals surface area (Å²) in [7, 11) is 0. The fourth-order valence-corrected chi connectivity index (χ4v) is 3.41. The molecule has 2 aliphatic heterocycles. The number of ether oxygens (including phenoxy) is 2. The lowest BCUT2D eigenvalue weighted by Crippen LogP contribution is -2.52. The van der Waals surface area contributed by atoms with Crippen LogP contribution >= 0.6 is 24.0 Å². The number of rotatable bonds is 9. The van der Waals surface area contributed by atoms with Gasteiger partial charge in [0.15, 0.2) is 5.96 Å². The Morgan fingerprint density at radius 1 is 1.36 bits per heavy atom. The van der Waals surface area contributed by atoms with Crippen molar-refractivity contribution < 1.29 is 14.0 Å². The van der Waals surface area contributed by atoms with Crippen molar-refractivity contribution in [2.45, 2.75) is 26.3 Å².